The summed E-state index contributed by atoms with van der Waals surface area (Å²) in [5.41, 5.74) is 7.26. The zero-order chi connectivity index (χ0) is 14.5. The average Bonchev–Trinajstić information content (AvgIpc) is 2.44. The highest BCUT2D eigenvalue weighted by molar-refractivity contribution is 5.93. The van der Waals surface area contributed by atoms with E-state index >= 15 is 0 Å². The summed E-state index contributed by atoms with van der Waals surface area (Å²) >= 11 is 0. The molecule has 2 aromatic rings. The maximum atomic E-state index is 11.0. The van der Waals surface area contributed by atoms with Crippen LogP contribution in [-0.2, 0) is 0 Å². The highest BCUT2D eigenvalue weighted by Gasteiger charge is 2.06. The lowest BCUT2D eigenvalue weighted by Gasteiger charge is -2.08. The molecule has 0 saturated carbocycles. The smallest absolute Gasteiger partial charge is 0.248 e. The van der Waals surface area contributed by atoms with E-state index in [1.165, 1.54) is 0 Å². The van der Waals surface area contributed by atoms with E-state index in [2.05, 4.69) is 15.3 Å². The summed E-state index contributed by atoms with van der Waals surface area (Å²) in [6.45, 7) is 2.33. The highest BCUT2D eigenvalue weighted by Crippen LogP contribution is 2.18. The van der Waals surface area contributed by atoms with E-state index in [4.69, 9.17) is 10.8 Å². The molecule has 0 spiro atoms. The first kappa shape index (κ1) is 14.0. The van der Waals surface area contributed by atoms with Gasteiger partial charge < -0.3 is 16.2 Å². The zero-order valence-corrected chi connectivity index (χ0v) is 11.1. The summed E-state index contributed by atoms with van der Waals surface area (Å²) in [6.07, 6.45) is 0. The fourth-order valence-corrected chi connectivity index (χ4v) is 1.76. The van der Waals surface area contributed by atoms with Crippen LogP contribution in [0.5, 0.6) is 0 Å². The highest BCUT2D eigenvalue weighted by atomic mass is 16.3. The van der Waals surface area contributed by atoms with Crippen molar-refractivity contribution >= 4 is 11.7 Å². The fraction of sp³-hybridized carbons (Fsp3) is 0.214. The van der Waals surface area contributed by atoms with Crippen molar-refractivity contribution in [1.29, 1.82) is 0 Å². The normalized spacial score (nSPS) is 10.3. The Bertz CT molecular complexity index is 611. The van der Waals surface area contributed by atoms with Gasteiger partial charge >= 0.3 is 0 Å². The molecule has 0 unspecified atom stereocenters. The number of hydrogen-bond acceptors (Lipinski definition) is 5. The number of nitrogens with zero attached hydrogens (tertiary/aromatic N) is 2. The third-order valence-corrected chi connectivity index (χ3v) is 2.70. The van der Waals surface area contributed by atoms with Crippen molar-refractivity contribution in [3.8, 4) is 11.4 Å². The molecule has 1 aromatic carbocycles. The fourth-order valence-electron chi connectivity index (χ4n) is 1.76. The van der Waals surface area contributed by atoms with Gasteiger partial charge in [-0.3, -0.25) is 4.79 Å². The van der Waals surface area contributed by atoms with Gasteiger partial charge in [0.2, 0.25) is 5.91 Å². The lowest BCUT2D eigenvalue weighted by Crippen LogP contribution is -2.10. The minimum atomic E-state index is -0.466. The van der Waals surface area contributed by atoms with Gasteiger partial charge in [0.05, 0.1) is 6.61 Å². The molecule has 20 heavy (non-hydrogen) atoms. The number of amides is 1. The molecule has 104 valence electrons. The third kappa shape index (κ3) is 3.30. The molecular weight excluding hydrogens is 256 g/mol. The van der Waals surface area contributed by atoms with Crippen LogP contribution in [-0.4, -0.2) is 34.1 Å². The molecule has 4 N–H and O–H groups in total. The van der Waals surface area contributed by atoms with Crippen LogP contribution < -0.4 is 11.1 Å². The molecule has 6 nitrogen and oxygen atoms in total. The first-order valence-corrected chi connectivity index (χ1v) is 6.21. The van der Waals surface area contributed by atoms with E-state index in [1.54, 1.807) is 30.3 Å². The van der Waals surface area contributed by atoms with Gasteiger partial charge in [-0.1, -0.05) is 12.1 Å². The van der Waals surface area contributed by atoms with Crippen molar-refractivity contribution < 1.29 is 9.90 Å². The Kier molecular flexibility index (Phi) is 4.27. The van der Waals surface area contributed by atoms with Gasteiger partial charge in [-0.2, -0.15) is 0 Å². The van der Waals surface area contributed by atoms with Gasteiger partial charge in [-0.25, -0.2) is 9.97 Å². The number of aliphatic hydroxyl groups is 1. The molecule has 0 aliphatic carbocycles. The number of aromatic nitrogens is 2. The van der Waals surface area contributed by atoms with Crippen LogP contribution in [0, 0.1) is 6.92 Å². The second-order valence-electron chi connectivity index (χ2n) is 4.31. The van der Waals surface area contributed by atoms with Crippen molar-refractivity contribution in [1.82, 2.24) is 9.97 Å². The molecule has 6 heteroatoms. The molecule has 2 rings (SSSR count). The molecule has 1 aromatic heterocycles. The monoisotopic (exact) mass is 272 g/mol. The van der Waals surface area contributed by atoms with Gasteiger partial charge in [-0.05, 0) is 19.1 Å². The van der Waals surface area contributed by atoms with Crippen molar-refractivity contribution in [2.75, 3.05) is 18.5 Å². The van der Waals surface area contributed by atoms with Crippen molar-refractivity contribution in [2.24, 2.45) is 5.73 Å². The molecular formula is C14H16N4O2. The van der Waals surface area contributed by atoms with Crippen LogP contribution in [0.25, 0.3) is 11.4 Å². The Morgan fingerprint density at radius 1 is 1.30 bits per heavy atom. The first-order valence-electron chi connectivity index (χ1n) is 6.21. The van der Waals surface area contributed by atoms with Gasteiger partial charge in [-0.15, -0.1) is 0 Å². The second kappa shape index (κ2) is 6.12. The van der Waals surface area contributed by atoms with Gasteiger partial charge in [0.1, 0.15) is 5.82 Å². The van der Waals surface area contributed by atoms with E-state index in [1.807, 2.05) is 6.92 Å². The maximum absolute atomic E-state index is 11.0. The number of aliphatic hydroxyl groups excluding tert-OH is 1. The van der Waals surface area contributed by atoms with Crippen molar-refractivity contribution in [2.45, 2.75) is 6.92 Å². The van der Waals surface area contributed by atoms with E-state index in [-0.39, 0.29) is 6.61 Å². The topological polar surface area (TPSA) is 101 Å². The summed E-state index contributed by atoms with van der Waals surface area (Å²) in [6, 6.07) is 8.60. The predicted octanol–water partition coefficient (Wildman–Crippen LogP) is 0.955. The van der Waals surface area contributed by atoms with Gasteiger partial charge in [0.25, 0.3) is 0 Å². The third-order valence-electron chi connectivity index (χ3n) is 2.70. The number of rotatable bonds is 5. The number of carbonyl (C=O) groups is 1. The molecule has 0 bridgehead atoms. The standard InChI is InChI=1S/C14H16N4O2/c1-9-8-12(16-6-7-19)18-14(17-9)11-4-2-10(3-5-11)13(15)20/h2-5,8,19H,6-7H2,1H3,(H2,15,20)(H,16,17,18). The number of primary amides is 1. The van der Waals surface area contributed by atoms with Crippen LogP contribution in [0.4, 0.5) is 5.82 Å². The largest absolute Gasteiger partial charge is 0.395 e. The number of anilines is 1. The Morgan fingerprint density at radius 2 is 2.00 bits per heavy atom. The van der Waals surface area contributed by atoms with E-state index in [9.17, 15) is 4.79 Å². The quantitative estimate of drug-likeness (QED) is 0.752. The maximum Gasteiger partial charge on any atom is 0.248 e. The van der Waals surface area contributed by atoms with Crippen LogP contribution in [0.15, 0.2) is 30.3 Å². The number of nitrogens with one attached hydrogen (secondary N) is 1. The Labute approximate surface area is 116 Å². The van der Waals surface area contributed by atoms with Crippen LogP contribution in [0.1, 0.15) is 16.1 Å². The Morgan fingerprint density at radius 3 is 2.60 bits per heavy atom. The van der Waals surface area contributed by atoms with Crippen LogP contribution >= 0.6 is 0 Å². The lowest BCUT2D eigenvalue weighted by molar-refractivity contribution is 0.100. The molecule has 0 fully saturated rings. The van der Waals surface area contributed by atoms with E-state index in [0.717, 1.165) is 11.3 Å². The Balaban J connectivity index is 2.31. The number of nitrogens with two attached hydrogens (primary N) is 1. The Hall–Kier alpha value is -2.47. The molecule has 0 radical (unpaired) electrons. The number of benzene rings is 1. The van der Waals surface area contributed by atoms with Crippen LogP contribution in [0.3, 0.4) is 0 Å². The minimum absolute atomic E-state index is 0.0334. The zero-order valence-electron chi connectivity index (χ0n) is 11.1. The minimum Gasteiger partial charge on any atom is -0.395 e. The van der Waals surface area contributed by atoms with Gasteiger partial charge in [0.15, 0.2) is 5.82 Å². The summed E-state index contributed by atoms with van der Waals surface area (Å²) < 4.78 is 0. The molecule has 1 amide bonds. The number of hydrogen-bond donors (Lipinski definition) is 3. The molecule has 0 atom stereocenters. The molecule has 0 saturated heterocycles. The molecule has 1 heterocycles. The summed E-state index contributed by atoms with van der Waals surface area (Å²) in [4.78, 5) is 19.8. The van der Waals surface area contributed by atoms with E-state index in [0.29, 0.717) is 23.8 Å². The number of aryl methyl sites for hydroxylation is 1. The summed E-state index contributed by atoms with van der Waals surface area (Å²) in [5, 5.41) is 11.8. The predicted molar refractivity (Wildman–Crippen MR) is 76.3 cm³/mol. The van der Waals surface area contributed by atoms with E-state index < -0.39 is 5.91 Å². The van der Waals surface area contributed by atoms with Crippen molar-refractivity contribution in [3.05, 3.63) is 41.6 Å². The molecule has 0 aliphatic heterocycles. The summed E-state index contributed by atoms with van der Waals surface area (Å²) in [7, 11) is 0. The SMILES string of the molecule is Cc1cc(NCCO)nc(-c2ccc(C(N)=O)cc2)n1. The molecule has 0 aliphatic rings. The van der Waals surface area contributed by atoms with Crippen molar-refractivity contribution in [3.63, 3.8) is 0 Å². The van der Waals surface area contributed by atoms with Gasteiger partial charge in [0, 0.05) is 29.4 Å². The second-order valence-corrected chi connectivity index (χ2v) is 4.31. The average molecular weight is 272 g/mol. The first-order chi connectivity index (χ1) is 9.60. The lowest BCUT2D eigenvalue weighted by atomic mass is 10.1. The summed E-state index contributed by atoms with van der Waals surface area (Å²) in [5.74, 6) is 0.744. The number of carbonyl (C=O) groups excluding carboxylic acids is 1. The van der Waals surface area contributed by atoms with Crippen LogP contribution in [0.2, 0.25) is 0 Å².